The molecule has 0 aliphatic rings. The van der Waals surface area contributed by atoms with Crippen LogP contribution in [0.5, 0.6) is 0 Å². The lowest BCUT2D eigenvalue weighted by molar-refractivity contribution is -0.136. The van der Waals surface area contributed by atoms with Crippen molar-refractivity contribution in [2.45, 2.75) is 24.0 Å². The summed E-state index contributed by atoms with van der Waals surface area (Å²) in [6.45, 7) is 2.20. The summed E-state index contributed by atoms with van der Waals surface area (Å²) in [6, 6.07) is 2.96. The van der Waals surface area contributed by atoms with Crippen LogP contribution in [0.4, 0.5) is 0 Å². The second-order valence-electron chi connectivity index (χ2n) is 3.55. The lowest BCUT2D eigenvalue weighted by Gasteiger charge is -2.02. The summed E-state index contributed by atoms with van der Waals surface area (Å²) in [6.07, 6.45) is 4.19. The number of carbonyl (C=O) groups is 1. The quantitative estimate of drug-likeness (QED) is 0.590. The van der Waals surface area contributed by atoms with E-state index in [0.29, 0.717) is 17.8 Å². The first-order valence-electron chi connectivity index (χ1n) is 5.37. The van der Waals surface area contributed by atoms with Crippen molar-refractivity contribution in [3.63, 3.8) is 0 Å². The second kappa shape index (κ2) is 6.67. The van der Waals surface area contributed by atoms with Gasteiger partial charge in [-0.1, -0.05) is 12.2 Å². The van der Waals surface area contributed by atoms with Crippen LogP contribution >= 0.6 is 11.3 Å². The Morgan fingerprint density at radius 3 is 2.83 bits per heavy atom. The summed E-state index contributed by atoms with van der Waals surface area (Å²) in [4.78, 5) is 11.0. The van der Waals surface area contributed by atoms with E-state index < -0.39 is 16.0 Å². The van der Waals surface area contributed by atoms with E-state index in [9.17, 15) is 13.2 Å². The fourth-order valence-electron chi connectivity index (χ4n) is 1.26. The van der Waals surface area contributed by atoms with Crippen molar-refractivity contribution in [1.29, 1.82) is 0 Å². The van der Waals surface area contributed by atoms with Gasteiger partial charge < -0.3 is 5.11 Å². The molecule has 5 nitrogen and oxygen atoms in total. The van der Waals surface area contributed by atoms with Gasteiger partial charge in [-0.25, -0.2) is 13.1 Å². The zero-order valence-electron chi connectivity index (χ0n) is 9.92. The molecule has 0 radical (unpaired) electrons. The van der Waals surface area contributed by atoms with E-state index in [1.54, 1.807) is 0 Å². The zero-order chi connectivity index (χ0) is 13.6. The fourth-order valence-corrected chi connectivity index (χ4v) is 3.70. The molecule has 0 aromatic carbocycles. The van der Waals surface area contributed by atoms with Crippen LogP contribution in [0, 0.1) is 0 Å². The molecule has 0 aliphatic heterocycles. The van der Waals surface area contributed by atoms with Gasteiger partial charge in [-0.2, -0.15) is 0 Å². The third kappa shape index (κ3) is 4.59. The second-order valence-corrected chi connectivity index (χ2v) is 6.71. The van der Waals surface area contributed by atoms with Crippen molar-refractivity contribution < 1.29 is 18.3 Å². The summed E-state index contributed by atoms with van der Waals surface area (Å²) >= 11 is 0.983. The van der Waals surface area contributed by atoms with Crippen molar-refractivity contribution in [2.75, 3.05) is 6.54 Å². The minimum atomic E-state index is -3.51. The van der Waals surface area contributed by atoms with E-state index in [0.717, 1.165) is 11.3 Å². The molecule has 7 heteroatoms. The zero-order valence-corrected chi connectivity index (χ0v) is 11.6. The maximum absolute atomic E-state index is 11.8. The average Bonchev–Trinajstić information content (AvgIpc) is 2.73. The molecule has 0 aliphatic carbocycles. The molecule has 2 N–H and O–H groups in total. The van der Waals surface area contributed by atoms with Crippen molar-refractivity contribution in [3.05, 3.63) is 29.2 Å². The number of hydrogen-bond donors (Lipinski definition) is 2. The molecule has 0 amide bonds. The largest absolute Gasteiger partial charge is 0.481 e. The van der Waals surface area contributed by atoms with Crippen molar-refractivity contribution in [2.24, 2.45) is 0 Å². The minimum Gasteiger partial charge on any atom is -0.481 e. The molecule has 0 saturated heterocycles. The Morgan fingerprint density at radius 2 is 2.22 bits per heavy atom. The van der Waals surface area contributed by atoms with E-state index >= 15 is 0 Å². The van der Waals surface area contributed by atoms with Crippen LogP contribution in [-0.4, -0.2) is 26.0 Å². The van der Waals surface area contributed by atoms with Crippen LogP contribution < -0.4 is 4.72 Å². The van der Waals surface area contributed by atoms with Gasteiger partial charge in [-0.3, -0.25) is 4.79 Å². The van der Waals surface area contributed by atoms with Gasteiger partial charge in [0.25, 0.3) is 0 Å². The Bertz CT molecular complexity index is 531. The van der Waals surface area contributed by atoms with Crippen LogP contribution in [0.2, 0.25) is 0 Å². The topological polar surface area (TPSA) is 83.5 Å². The molecule has 0 fully saturated rings. The Balaban J connectivity index is 2.67. The maximum Gasteiger partial charge on any atom is 0.308 e. The van der Waals surface area contributed by atoms with E-state index in [1.807, 2.05) is 19.1 Å². The highest BCUT2D eigenvalue weighted by molar-refractivity contribution is 7.91. The highest BCUT2D eigenvalue weighted by atomic mass is 32.2. The number of rotatable bonds is 7. The number of allylic oxidation sites excluding steroid dienone is 1. The summed E-state index contributed by atoms with van der Waals surface area (Å²) in [7, 11) is -3.51. The SMILES string of the molecule is C/C=C/CCNS(=O)(=O)c1ccc(CC(=O)O)s1. The lowest BCUT2D eigenvalue weighted by Crippen LogP contribution is -2.23. The number of nitrogens with one attached hydrogen (secondary N) is 1. The number of hydrogen-bond acceptors (Lipinski definition) is 4. The van der Waals surface area contributed by atoms with Crippen molar-refractivity contribution in [3.8, 4) is 0 Å². The van der Waals surface area contributed by atoms with Crippen molar-refractivity contribution in [1.82, 2.24) is 4.72 Å². The number of carboxylic acid groups (broad SMARTS) is 1. The van der Waals surface area contributed by atoms with Gasteiger partial charge in [0.15, 0.2) is 0 Å². The van der Waals surface area contributed by atoms with Crippen LogP contribution in [0.25, 0.3) is 0 Å². The fraction of sp³-hybridized carbons (Fsp3) is 0.364. The molecule has 1 aromatic heterocycles. The molecule has 1 heterocycles. The molecule has 1 aromatic rings. The van der Waals surface area contributed by atoms with Gasteiger partial charge in [-0.15, -0.1) is 11.3 Å². The van der Waals surface area contributed by atoms with E-state index in [4.69, 9.17) is 5.11 Å². The summed E-state index contributed by atoms with van der Waals surface area (Å²) in [5.41, 5.74) is 0. The molecule has 0 atom stereocenters. The highest BCUT2D eigenvalue weighted by Crippen LogP contribution is 2.21. The predicted octanol–water partition coefficient (Wildman–Crippen LogP) is 1.62. The van der Waals surface area contributed by atoms with Crippen LogP contribution in [0.1, 0.15) is 18.2 Å². The van der Waals surface area contributed by atoms with Gasteiger partial charge in [0.05, 0.1) is 6.42 Å². The van der Waals surface area contributed by atoms with Crippen LogP contribution in [0.15, 0.2) is 28.5 Å². The number of thiophene rings is 1. The first kappa shape index (κ1) is 14.9. The third-order valence-corrected chi connectivity index (χ3v) is 5.10. The predicted molar refractivity (Wildman–Crippen MR) is 70.3 cm³/mol. The number of aliphatic carboxylic acids is 1. The monoisotopic (exact) mass is 289 g/mol. The van der Waals surface area contributed by atoms with Gasteiger partial charge in [-0.05, 0) is 25.5 Å². The first-order valence-corrected chi connectivity index (χ1v) is 7.67. The maximum atomic E-state index is 11.8. The van der Waals surface area contributed by atoms with Crippen LogP contribution in [0.3, 0.4) is 0 Å². The Hall–Kier alpha value is -1.18. The normalized spacial score (nSPS) is 12.1. The molecular weight excluding hydrogens is 274 g/mol. The Kier molecular flexibility index (Phi) is 5.52. The third-order valence-electron chi connectivity index (χ3n) is 2.07. The highest BCUT2D eigenvalue weighted by Gasteiger charge is 2.16. The lowest BCUT2D eigenvalue weighted by atomic mass is 10.3. The smallest absolute Gasteiger partial charge is 0.308 e. The summed E-state index contributed by atoms with van der Waals surface area (Å²) in [5, 5.41) is 8.61. The summed E-state index contributed by atoms with van der Waals surface area (Å²) < 4.78 is 26.3. The molecule has 18 heavy (non-hydrogen) atoms. The Morgan fingerprint density at radius 1 is 1.50 bits per heavy atom. The molecule has 0 saturated carbocycles. The van der Waals surface area contributed by atoms with E-state index in [-0.39, 0.29) is 10.6 Å². The molecule has 0 bridgehead atoms. The number of carboxylic acids is 1. The Labute approximate surface area is 110 Å². The minimum absolute atomic E-state index is 0.152. The van der Waals surface area contributed by atoms with E-state index in [1.165, 1.54) is 12.1 Å². The molecule has 0 spiro atoms. The average molecular weight is 289 g/mol. The number of sulfonamides is 1. The molecule has 100 valence electrons. The van der Waals surface area contributed by atoms with Gasteiger partial charge in [0.1, 0.15) is 4.21 Å². The first-order chi connectivity index (χ1) is 8.45. The van der Waals surface area contributed by atoms with Crippen LogP contribution in [-0.2, 0) is 21.2 Å². The van der Waals surface area contributed by atoms with Gasteiger partial charge >= 0.3 is 5.97 Å². The summed E-state index contributed by atoms with van der Waals surface area (Å²) in [5.74, 6) is -0.971. The molecular formula is C11H15NO4S2. The standard InChI is InChI=1S/C11H15NO4S2/c1-2-3-4-7-12-18(15,16)11-6-5-9(17-11)8-10(13)14/h2-3,5-6,12H,4,7-8H2,1H3,(H,13,14)/b3-2+. The van der Waals surface area contributed by atoms with E-state index in [2.05, 4.69) is 4.72 Å². The molecule has 1 rings (SSSR count). The van der Waals surface area contributed by atoms with Gasteiger partial charge in [0.2, 0.25) is 10.0 Å². The van der Waals surface area contributed by atoms with Gasteiger partial charge in [0, 0.05) is 11.4 Å². The molecule has 0 unspecified atom stereocenters. The van der Waals surface area contributed by atoms with Crippen molar-refractivity contribution >= 4 is 27.3 Å².